The molecule has 0 fully saturated rings. The molecule has 1 aliphatic carbocycles. The van der Waals surface area contributed by atoms with Crippen molar-refractivity contribution in [1.82, 2.24) is 0 Å². The maximum Gasteiger partial charge on any atom is 0.338 e. The standard InChI is InChI=1S/C27H20OS.C27H18S.C16H12O2S/c28-27(21-12-3-1-4-13-21,22-14-5-2-6-15-22)24-17-9-8-16-23(24)26-19-20-11-7-10-18-25(20)29-26;1-3-11-19(12-4-1)27(20-13-5-2-6-14-20)23-17-9-7-15-21(23)26-25(27)22-16-8-10-18-24(22)28-26;1-18-16(17)13-8-4-3-7-12(13)15-10-11-6-2-5-9-14(11)19-15/h1-19,28H;1-18H;2-10H,1H3. The van der Waals surface area contributed by atoms with Gasteiger partial charge in [0.2, 0.25) is 0 Å². The van der Waals surface area contributed by atoms with Crippen molar-refractivity contribution in [3.05, 3.63) is 324 Å². The van der Waals surface area contributed by atoms with Gasteiger partial charge in [0.05, 0.1) is 18.1 Å². The van der Waals surface area contributed by atoms with Crippen LogP contribution >= 0.6 is 34.0 Å². The maximum absolute atomic E-state index is 12.2. The Morgan fingerprint density at radius 1 is 0.434 bits per heavy atom. The summed E-state index contributed by atoms with van der Waals surface area (Å²) in [5.41, 5.74) is 10.5. The summed E-state index contributed by atoms with van der Waals surface area (Å²) >= 11 is 5.37. The Labute approximate surface area is 454 Å². The monoisotopic (exact) mass is 1030 g/mol. The minimum Gasteiger partial charge on any atom is -0.465 e. The fourth-order valence-electron chi connectivity index (χ4n) is 11.0. The second-order valence-electron chi connectivity index (χ2n) is 18.7. The van der Waals surface area contributed by atoms with Gasteiger partial charge in [-0.2, -0.15) is 0 Å². The van der Waals surface area contributed by atoms with Crippen LogP contribution in [0.4, 0.5) is 0 Å². The molecular formula is C70H50O3S3. The molecule has 13 aromatic rings. The van der Waals surface area contributed by atoms with E-state index < -0.39 is 5.60 Å². The van der Waals surface area contributed by atoms with Crippen LogP contribution < -0.4 is 0 Å². The Hall–Kier alpha value is -8.49. The van der Waals surface area contributed by atoms with E-state index in [-0.39, 0.29) is 11.4 Å². The summed E-state index contributed by atoms with van der Waals surface area (Å²) in [7, 11) is 1.41. The number of benzene rings is 10. The van der Waals surface area contributed by atoms with Crippen LogP contribution in [0.5, 0.6) is 0 Å². The van der Waals surface area contributed by atoms with Crippen molar-refractivity contribution in [2.75, 3.05) is 7.11 Å². The van der Waals surface area contributed by atoms with Gasteiger partial charge < -0.3 is 9.84 Å². The van der Waals surface area contributed by atoms with Gasteiger partial charge in [-0.1, -0.05) is 243 Å². The fraction of sp³-hybridized carbons (Fsp3) is 0.0429. The van der Waals surface area contributed by atoms with E-state index in [0.717, 1.165) is 37.6 Å². The second kappa shape index (κ2) is 21.0. The Morgan fingerprint density at radius 2 is 0.868 bits per heavy atom. The fourth-order valence-corrected chi connectivity index (χ4v) is 14.5. The van der Waals surface area contributed by atoms with E-state index in [1.165, 1.54) is 70.1 Å². The van der Waals surface area contributed by atoms with E-state index in [1.807, 2.05) is 121 Å². The first-order chi connectivity index (χ1) is 37.5. The third-order valence-corrected chi connectivity index (χ3v) is 17.9. The molecule has 0 spiro atoms. The number of hydrogen-bond donors (Lipinski definition) is 1. The number of hydrogen-bond acceptors (Lipinski definition) is 6. The Bertz CT molecular complexity index is 3990. The molecule has 0 bridgehead atoms. The minimum absolute atomic E-state index is 0.284. The van der Waals surface area contributed by atoms with Crippen molar-refractivity contribution in [3.63, 3.8) is 0 Å². The Balaban J connectivity index is 0.000000118. The first-order valence-corrected chi connectivity index (χ1v) is 27.7. The van der Waals surface area contributed by atoms with Crippen LogP contribution in [0.25, 0.3) is 61.6 Å². The molecule has 1 N–H and O–H groups in total. The molecule has 0 aliphatic heterocycles. The van der Waals surface area contributed by atoms with E-state index in [1.54, 1.807) is 28.7 Å². The summed E-state index contributed by atoms with van der Waals surface area (Å²) in [6.07, 6.45) is 0. The number of rotatable bonds is 8. The predicted molar refractivity (Wildman–Crippen MR) is 320 cm³/mol. The highest BCUT2D eigenvalue weighted by atomic mass is 32.1. The Kier molecular flexibility index (Phi) is 13.4. The molecule has 10 aromatic carbocycles. The molecule has 76 heavy (non-hydrogen) atoms. The van der Waals surface area contributed by atoms with Crippen LogP contribution in [0.3, 0.4) is 0 Å². The number of ether oxygens (including phenoxy) is 1. The van der Waals surface area contributed by atoms with Gasteiger partial charge in [-0.05, 0) is 97.1 Å². The third-order valence-electron chi connectivity index (χ3n) is 14.4. The number of carbonyl (C=O) groups excluding carboxylic acids is 1. The topological polar surface area (TPSA) is 46.5 Å². The smallest absolute Gasteiger partial charge is 0.338 e. The molecule has 0 amide bonds. The van der Waals surface area contributed by atoms with Gasteiger partial charge in [0.1, 0.15) is 5.60 Å². The van der Waals surface area contributed by atoms with E-state index in [0.29, 0.717) is 5.56 Å². The van der Waals surface area contributed by atoms with E-state index in [4.69, 9.17) is 4.74 Å². The van der Waals surface area contributed by atoms with Crippen molar-refractivity contribution in [2.24, 2.45) is 0 Å². The van der Waals surface area contributed by atoms with Crippen molar-refractivity contribution in [3.8, 4) is 31.3 Å². The highest BCUT2D eigenvalue weighted by molar-refractivity contribution is 7.23. The van der Waals surface area contributed by atoms with Crippen molar-refractivity contribution in [2.45, 2.75) is 11.0 Å². The van der Waals surface area contributed by atoms with Crippen molar-refractivity contribution in [1.29, 1.82) is 0 Å². The lowest BCUT2D eigenvalue weighted by atomic mass is 9.67. The first kappa shape index (κ1) is 48.4. The van der Waals surface area contributed by atoms with Crippen LogP contribution in [0, 0.1) is 0 Å². The summed E-state index contributed by atoms with van der Waals surface area (Å²) in [6.45, 7) is 0. The molecule has 0 unspecified atom stereocenters. The zero-order chi connectivity index (χ0) is 51.5. The summed E-state index contributed by atoms with van der Waals surface area (Å²) in [4.78, 5) is 15.5. The van der Waals surface area contributed by atoms with Crippen LogP contribution in [0.1, 0.15) is 49.3 Å². The number of esters is 1. The first-order valence-electron chi connectivity index (χ1n) is 25.3. The lowest BCUT2D eigenvalue weighted by Gasteiger charge is -2.33. The van der Waals surface area contributed by atoms with Gasteiger partial charge in [0.15, 0.2) is 0 Å². The molecule has 3 nitrogen and oxygen atoms in total. The lowest BCUT2D eigenvalue weighted by Crippen LogP contribution is -2.29. The molecule has 1 aliphatic rings. The third kappa shape index (κ3) is 8.65. The van der Waals surface area contributed by atoms with Gasteiger partial charge in [-0.3, -0.25) is 0 Å². The number of methoxy groups -OCH3 is 1. The van der Waals surface area contributed by atoms with Gasteiger partial charge in [-0.25, -0.2) is 4.79 Å². The predicted octanol–water partition coefficient (Wildman–Crippen LogP) is 18.5. The normalized spacial score (nSPS) is 12.2. The average Bonchev–Trinajstić information content (AvgIpc) is 4.32. The van der Waals surface area contributed by atoms with E-state index >= 15 is 0 Å². The zero-order valence-electron chi connectivity index (χ0n) is 41.5. The SMILES string of the molecule is COC(=O)c1ccccc1-c1cc2ccccc2s1.OC(c1ccccc1)(c1ccccc1)c1ccccc1-c1cc2ccccc2s1.c1ccc(C2(c3ccccc3)c3ccccc3-c3sc4ccccc4c32)cc1. The molecule has 0 radical (unpaired) electrons. The molecule has 0 saturated heterocycles. The van der Waals surface area contributed by atoms with Crippen molar-refractivity contribution < 1.29 is 14.6 Å². The number of thiophene rings is 3. The van der Waals surface area contributed by atoms with Crippen LogP contribution in [-0.2, 0) is 15.8 Å². The quantitative estimate of drug-likeness (QED) is 0.122. The Morgan fingerprint density at radius 3 is 1.43 bits per heavy atom. The van der Waals surface area contributed by atoms with E-state index in [2.05, 4.69) is 164 Å². The van der Waals surface area contributed by atoms with Crippen LogP contribution in [0.2, 0.25) is 0 Å². The van der Waals surface area contributed by atoms with Gasteiger partial charge in [0, 0.05) is 39.9 Å². The summed E-state index contributed by atoms with van der Waals surface area (Å²) in [5.74, 6) is -0.298. The minimum atomic E-state index is -1.24. The van der Waals surface area contributed by atoms with Crippen LogP contribution in [0.15, 0.2) is 279 Å². The zero-order valence-corrected chi connectivity index (χ0v) is 44.0. The molecule has 6 heteroatoms. The summed E-state index contributed by atoms with van der Waals surface area (Å²) in [6, 6.07) is 96.3. The van der Waals surface area contributed by atoms with Gasteiger partial charge in [-0.15, -0.1) is 34.0 Å². The average molecular weight is 1040 g/mol. The molecule has 366 valence electrons. The highest BCUT2D eigenvalue weighted by Crippen LogP contribution is 2.60. The molecule has 3 heterocycles. The number of carbonyl (C=O) groups is 1. The van der Waals surface area contributed by atoms with Crippen LogP contribution in [-0.4, -0.2) is 18.2 Å². The van der Waals surface area contributed by atoms with E-state index in [9.17, 15) is 9.90 Å². The molecule has 3 aromatic heterocycles. The maximum atomic E-state index is 12.2. The molecule has 14 rings (SSSR count). The molecule has 0 atom stereocenters. The second-order valence-corrected chi connectivity index (χ2v) is 21.9. The number of aliphatic hydroxyl groups is 1. The highest BCUT2D eigenvalue weighted by Gasteiger charge is 2.48. The number of fused-ring (bicyclic) bond motifs is 7. The largest absolute Gasteiger partial charge is 0.465 e. The molecular weight excluding hydrogens is 985 g/mol. The van der Waals surface area contributed by atoms with Crippen molar-refractivity contribution >= 4 is 70.2 Å². The lowest BCUT2D eigenvalue weighted by molar-refractivity contribution is 0.0601. The van der Waals surface area contributed by atoms with Gasteiger partial charge in [0.25, 0.3) is 0 Å². The summed E-state index contributed by atoms with van der Waals surface area (Å²) in [5, 5.41) is 16.0. The summed E-state index contributed by atoms with van der Waals surface area (Å²) < 4.78 is 8.67. The van der Waals surface area contributed by atoms with Gasteiger partial charge >= 0.3 is 5.97 Å². The molecule has 0 saturated carbocycles.